The van der Waals surface area contributed by atoms with Crippen molar-refractivity contribution in [2.75, 3.05) is 0 Å². The highest BCUT2D eigenvalue weighted by molar-refractivity contribution is 6.25. The second kappa shape index (κ2) is 7.93. The number of benzene rings is 6. The average Bonchev–Trinajstić information content (AvgIpc) is 3.52. The van der Waals surface area contributed by atoms with Gasteiger partial charge in [0, 0.05) is 16.3 Å². The van der Waals surface area contributed by atoms with Gasteiger partial charge in [0.05, 0.1) is 23.3 Å². The van der Waals surface area contributed by atoms with Gasteiger partial charge in [-0.3, -0.25) is 0 Å². The lowest BCUT2D eigenvalue weighted by Crippen LogP contribution is -1.88. The molecule has 0 amide bonds. The van der Waals surface area contributed by atoms with E-state index >= 15 is 0 Å². The lowest BCUT2D eigenvalue weighted by molar-refractivity contribution is 0.669. The Labute approximate surface area is 224 Å². The maximum absolute atomic E-state index is 9.44. The van der Waals surface area contributed by atoms with Gasteiger partial charge in [0.1, 0.15) is 11.2 Å². The van der Waals surface area contributed by atoms with Crippen molar-refractivity contribution >= 4 is 32.7 Å². The second-order valence-corrected chi connectivity index (χ2v) is 9.95. The maximum Gasteiger partial charge on any atom is 0.136 e. The van der Waals surface area contributed by atoms with E-state index in [0.717, 1.165) is 44.2 Å². The van der Waals surface area contributed by atoms with E-state index in [1.165, 1.54) is 33.0 Å². The Kier molecular flexibility index (Phi) is 4.36. The molecule has 7 aromatic rings. The van der Waals surface area contributed by atoms with E-state index in [1.807, 2.05) is 54.6 Å². The van der Waals surface area contributed by atoms with E-state index in [1.54, 1.807) is 0 Å². The number of furan rings is 1. The van der Waals surface area contributed by atoms with Crippen molar-refractivity contribution in [1.29, 1.82) is 10.5 Å². The summed E-state index contributed by atoms with van der Waals surface area (Å²) < 4.78 is 6.51. The summed E-state index contributed by atoms with van der Waals surface area (Å²) in [6.45, 7) is 0. The van der Waals surface area contributed by atoms with Gasteiger partial charge in [-0.15, -0.1) is 0 Å². The largest absolute Gasteiger partial charge is 0.456 e. The monoisotopic (exact) mass is 494 g/mol. The third-order valence-electron chi connectivity index (χ3n) is 7.87. The zero-order valence-electron chi connectivity index (χ0n) is 20.7. The molecule has 39 heavy (non-hydrogen) atoms. The third-order valence-corrected chi connectivity index (χ3v) is 7.87. The molecule has 1 heterocycles. The minimum absolute atomic E-state index is 0.633. The van der Waals surface area contributed by atoms with Gasteiger partial charge < -0.3 is 4.42 Å². The fraction of sp³-hybridized carbons (Fsp3) is 0. The van der Waals surface area contributed by atoms with Gasteiger partial charge in [0.25, 0.3) is 0 Å². The summed E-state index contributed by atoms with van der Waals surface area (Å²) in [5.41, 5.74) is 12.0. The number of hydrogen-bond acceptors (Lipinski definition) is 3. The molecule has 1 aliphatic rings. The molecule has 0 unspecified atom stereocenters. The molecule has 1 aromatic heterocycles. The molecule has 3 heteroatoms. The van der Waals surface area contributed by atoms with Crippen molar-refractivity contribution in [1.82, 2.24) is 0 Å². The van der Waals surface area contributed by atoms with Gasteiger partial charge in [-0.1, -0.05) is 66.7 Å². The number of nitrogens with zero attached hydrogens (tertiary/aromatic N) is 2. The van der Waals surface area contributed by atoms with Crippen molar-refractivity contribution in [2.24, 2.45) is 0 Å². The van der Waals surface area contributed by atoms with Crippen LogP contribution in [-0.4, -0.2) is 0 Å². The zero-order valence-corrected chi connectivity index (χ0v) is 20.7. The first kappa shape index (κ1) is 21.4. The Hall–Kier alpha value is -5.64. The molecule has 0 fully saturated rings. The smallest absolute Gasteiger partial charge is 0.136 e. The van der Waals surface area contributed by atoms with Crippen molar-refractivity contribution in [3.63, 3.8) is 0 Å². The molecule has 8 rings (SSSR count). The van der Waals surface area contributed by atoms with E-state index in [4.69, 9.17) is 4.42 Å². The Bertz CT molecular complexity index is 2220. The molecule has 0 bridgehead atoms. The third kappa shape index (κ3) is 3.02. The molecule has 3 nitrogen and oxygen atoms in total. The van der Waals surface area contributed by atoms with Gasteiger partial charge in [-0.2, -0.15) is 10.5 Å². The molecule has 0 aliphatic heterocycles. The van der Waals surface area contributed by atoms with Gasteiger partial charge in [0.2, 0.25) is 0 Å². The molecule has 0 saturated heterocycles. The van der Waals surface area contributed by atoms with E-state index < -0.39 is 0 Å². The number of rotatable bonds is 2. The van der Waals surface area contributed by atoms with Crippen LogP contribution in [0.2, 0.25) is 0 Å². The number of hydrogen-bond donors (Lipinski definition) is 0. The molecular formula is C36H18N2O. The van der Waals surface area contributed by atoms with Crippen LogP contribution in [0, 0.1) is 22.7 Å². The van der Waals surface area contributed by atoms with Crippen LogP contribution in [0.25, 0.3) is 77.2 Å². The highest BCUT2D eigenvalue weighted by atomic mass is 16.3. The minimum Gasteiger partial charge on any atom is -0.456 e. The summed E-state index contributed by atoms with van der Waals surface area (Å²) in [7, 11) is 0. The molecule has 0 radical (unpaired) electrons. The Balaban J connectivity index is 1.49. The molecule has 0 spiro atoms. The lowest BCUT2D eigenvalue weighted by atomic mass is 9.88. The van der Waals surface area contributed by atoms with E-state index in [9.17, 15) is 10.5 Å². The van der Waals surface area contributed by atoms with Crippen LogP contribution in [0.5, 0.6) is 0 Å². The summed E-state index contributed by atoms with van der Waals surface area (Å²) in [5.74, 6) is 0. The first-order valence-electron chi connectivity index (χ1n) is 12.8. The van der Waals surface area contributed by atoms with Crippen LogP contribution in [0.3, 0.4) is 0 Å². The average molecular weight is 495 g/mol. The fourth-order valence-corrected chi connectivity index (χ4v) is 6.12. The van der Waals surface area contributed by atoms with Crippen LogP contribution in [0.4, 0.5) is 0 Å². The normalized spacial score (nSPS) is 11.5. The van der Waals surface area contributed by atoms with Crippen LogP contribution in [0.15, 0.2) is 114 Å². The van der Waals surface area contributed by atoms with E-state index in [0.29, 0.717) is 11.1 Å². The molecule has 0 saturated carbocycles. The first-order chi connectivity index (χ1) is 19.2. The second-order valence-electron chi connectivity index (χ2n) is 9.95. The van der Waals surface area contributed by atoms with E-state index in [-0.39, 0.29) is 0 Å². The molecule has 6 aromatic carbocycles. The zero-order chi connectivity index (χ0) is 26.1. The van der Waals surface area contributed by atoms with Gasteiger partial charge in [-0.25, -0.2) is 0 Å². The Morgan fingerprint density at radius 3 is 1.82 bits per heavy atom. The predicted molar refractivity (Wildman–Crippen MR) is 156 cm³/mol. The number of fused-ring (bicyclic) bond motifs is 6. The summed E-state index contributed by atoms with van der Waals surface area (Å²) in [6.07, 6.45) is 0. The van der Waals surface area contributed by atoms with Crippen molar-refractivity contribution in [3.05, 3.63) is 120 Å². The highest BCUT2D eigenvalue weighted by Crippen LogP contribution is 2.54. The summed E-state index contributed by atoms with van der Waals surface area (Å²) in [4.78, 5) is 0. The molecular weight excluding hydrogens is 476 g/mol. The molecule has 0 N–H and O–H groups in total. The fourth-order valence-electron chi connectivity index (χ4n) is 6.12. The Morgan fingerprint density at radius 1 is 0.487 bits per heavy atom. The SMILES string of the molecule is N#Cc1ccc(-c2ccc3oc4cc5c(c(-c6ccc(C#N)cc6)c4c3c2)-c2cccc3cccc-5c23)cc1. The quantitative estimate of drug-likeness (QED) is 0.240. The first-order valence-corrected chi connectivity index (χ1v) is 12.8. The minimum atomic E-state index is 0.633. The van der Waals surface area contributed by atoms with E-state index in [2.05, 4.69) is 66.7 Å². The topological polar surface area (TPSA) is 60.7 Å². The summed E-state index contributed by atoms with van der Waals surface area (Å²) in [5, 5.41) is 23.2. The van der Waals surface area contributed by atoms with Crippen molar-refractivity contribution in [3.8, 4) is 56.6 Å². The van der Waals surface area contributed by atoms with Gasteiger partial charge in [-0.05, 0) is 92.2 Å². The molecule has 1 aliphatic carbocycles. The van der Waals surface area contributed by atoms with Gasteiger partial charge >= 0.3 is 0 Å². The standard InChI is InChI=1S/C36H18N2O/c37-19-21-7-11-23(12-8-21)26-15-16-31-30(17-26)36-32(39-31)18-29-27-5-1-3-24-4-2-6-28(33(24)27)35(29)34(36)25-13-9-22(20-38)10-14-25/h1-18H. The summed E-state index contributed by atoms with van der Waals surface area (Å²) in [6, 6.07) is 41.4. The van der Waals surface area contributed by atoms with Crippen LogP contribution >= 0.6 is 0 Å². The Morgan fingerprint density at radius 2 is 1.13 bits per heavy atom. The lowest BCUT2D eigenvalue weighted by Gasteiger charge is -2.13. The summed E-state index contributed by atoms with van der Waals surface area (Å²) >= 11 is 0. The van der Waals surface area contributed by atoms with Crippen molar-refractivity contribution in [2.45, 2.75) is 0 Å². The maximum atomic E-state index is 9.44. The van der Waals surface area contributed by atoms with Crippen molar-refractivity contribution < 1.29 is 4.42 Å². The predicted octanol–water partition coefficient (Wildman–Crippen LogP) is 9.46. The van der Waals surface area contributed by atoms with Crippen LogP contribution in [0.1, 0.15) is 11.1 Å². The van der Waals surface area contributed by atoms with Crippen LogP contribution in [-0.2, 0) is 0 Å². The molecule has 178 valence electrons. The molecule has 0 atom stereocenters. The van der Waals surface area contributed by atoms with Gasteiger partial charge in [0.15, 0.2) is 0 Å². The van der Waals surface area contributed by atoms with Crippen LogP contribution < -0.4 is 0 Å². The highest BCUT2D eigenvalue weighted by Gasteiger charge is 2.28. The number of nitriles is 2.